The summed E-state index contributed by atoms with van der Waals surface area (Å²) in [4.78, 5) is 26.1. The maximum absolute atomic E-state index is 12.3. The second-order valence-electron chi connectivity index (χ2n) is 6.53. The summed E-state index contributed by atoms with van der Waals surface area (Å²) in [5, 5.41) is 2.75. The molecule has 1 aliphatic heterocycles. The topological polar surface area (TPSA) is 67.9 Å². The number of nitrogens with zero attached hydrogens (tertiary/aromatic N) is 1. The largest absolute Gasteiger partial charge is 0.493 e. The second kappa shape index (κ2) is 8.85. The Bertz CT molecular complexity index is 624. The van der Waals surface area contributed by atoms with Crippen molar-refractivity contribution in [2.45, 2.75) is 40.2 Å². The summed E-state index contributed by atoms with van der Waals surface area (Å²) in [5.41, 5.74) is 3.39. The summed E-state index contributed by atoms with van der Waals surface area (Å²) in [5.74, 6) is 0.557. The third-order valence-electron chi connectivity index (χ3n) is 4.42. The SMILES string of the molecule is Cc1cc(C)c(C)c(OCCC(=O)N[C@@H](C)C(=O)N2CCOCC2)c1. The van der Waals surface area contributed by atoms with E-state index >= 15 is 0 Å². The van der Waals surface area contributed by atoms with Gasteiger partial charge in [0.2, 0.25) is 11.8 Å². The highest BCUT2D eigenvalue weighted by atomic mass is 16.5. The van der Waals surface area contributed by atoms with Crippen LogP contribution in [0.1, 0.15) is 30.0 Å². The van der Waals surface area contributed by atoms with Gasteiger partial charge in [-0.2, -0.15) is 0 Å². The lowest BCUT2D eigenvalue weighted by Gasteiger charge is -2.29. The van der Waals surface area contributed by atoms with E-state index in [0.29, 0.717) is 26.3 Å². The average molecular weight is 348 g/mol. The zero-order valence-electron chi connectivity index (χ0n) is 15.6. The van der Waals surface area contributed by atoms with Crippen molar-refractivity contribution in [2.24, 2.45) is 0 Å². The third-order valence-corrected chi connectivity index (χ3v) is 4.42. The molecule has 0 aromatic heterocycles. The molecular formula is C19H28N2O4. The summed E-state index contributed by atoms with van der Waals surface area (Å²) in [7, 11) is 0. The highest BCUT2D eigenvalue weighted by Crippen LogP contribution is 2.23. The number of amides is 2. The first-order valence-electron chi connectivity index (χ1n) is 8.75. The van der Waals surface area contributed by atoms with Crippen molar-refractivity contribution in [1.82, 2.24) is 10.2 Å². The normalized spacial score (nSPS) is 15.6. The minimum atomic E-state index is -0.534. The molecule has 0 unspecified atom stereocenters. The lowest BCUT2D eigenvalue weighted by atomic mass is 10.1. The molecule has 1 aromatic rings. The smallest absolute Gasteiger partial charge is 0.245 e. The fourth-order valence-electron chi connectivity index (χ4n) is 2.84. The van der Waals surface area contributed by atoms with Crippen LogP contribution in [-0.4, -0.2) is 55.7 Å². The van der Waals surface area contributed by atoms with Gasteiger partial charge in [-0.3, -0.25) is 9.59 Å². The molecule has 0 bridgehead atoms. The highest BCUT2D eigenvalue weighted by molar-refractivity contribution is 5.87. The van der Waals surface area contributed by atoms with Crippen LogP contribution in [0.15, 0.2) is 12.1 Å². The average Bonchev–Trinajstić information content (AvgIpc) is 2.59. The van der Waals surface area contributed by atoms with E-state index in [9.17, 15) is 9.59 Å². The van der Waals surface area contributed by atoms with Crippen LogP contribution >= 0.6 is 0 Å². The van der Waals surface area contributed by atoms with Gasteiger partial charge in [0.25, 0.3) is 0 Å². The Morgan fingerprint density at radius 3 is 2.60 bits per heavy atom. The van der Waals surface area contributed by atoms with E-state index in [1.54, 1.807) is 11.8 Å². The van der Waals surface area contributed by atoms with Gasteiger partial charge >= 0.3 is 0 Å². The number of nitrogens with one attached hydrogen (secondary N) is 1. The number of hydrogen-bond acceptors (Lipinski definition) is 4. The van der Waals surface area contributed by atoms with Gasteiger partial charge in [0, 0.05) is 13.1 Å². The van der Waals surface area contributed by atoms with Gasteiger partial charge in [0.05, 0.1) is 26.2 Å². The van der Waals surface area contributed by atoms with Crippen molar-refractivity contribution >= 4 is 11.8 Å². The molecule has 0 aliphatic carbocycles. The maximum Gasteiger partial charge on any atom is 0.245 e. The first-order chi connectivity index (χ1) is 11.9. The minimum absolute atomic E-state index is 0.0669. The molecule has 138 valence electrons. The zero-order chi connectivity index (χ0) is 18.4. The summed E-state index contributed by atoms with van der Waals surface area (Å²) in [6, 6.07) is 3.55. The molecule has 6 nitrogen and oxygen atoms in total. The Morgan fingerprint density at radius 2 is 1.92 bits per heavy atom. The van der Waals surface area contributed by atoms with Crippen molar-refractivity contribution in [3.63, 3.8) is 0 Å². The molecule has 0 saturated carbocycles. The van der Waals surface area contributed by atoms with Crippen LogP contribution in [0.3, 0.4) is 0 Å². The molecule has 2 rings (SSSR count). The molecule has 6 heteroatoms. The summed E-state index contributed by atoms with van der Waals surface area (Å²) in [6.45, 7) is 10.3. The monoisotopic (exact) mass is 348 g/mol. The number of hydrogen-bond donors (Lipinski definition) is 1. The fraction of sp³-hybridized carbons (Fsp3) is 0.579. The predicted molar refractivity (Wildman–Crippen MR) is 95.8 cm³/mol. The van der Waals surface area contributed by atoms with Gasteiger partial charge in [0.15, 0.2) is 0 Å². The molecule has 1 aromatic carbocycles. The summed E-state index contributed by atoms with van der Waals surface area (Å²) >= 11 is 0. The molecule has 2 amide bonds. The number of aryl methyl sites for hydroxylation is 2. The van der Waals surface area contributed by atoms with E-state index < -0.39 is 6.04 Å². The molecule has 1 heterocycles. The van der Waals surface area contributed by atoms with Gasteiger partial charge in [-0.05, 0) is 50.5 Å². The summed E-state index contributed by atoms with van der Waals surface area (Å²) < 4.78 is 11.0. The van der Waals surface area contributed by atoms with Gasteiger partial charge in [0.1, 0.15) is 11.8 Å². The highest BCUT2D eigenvalue weighted by Gasteiger charge is 2.23. The van der Waals surface area contributed by atoms with Crippen molar-refractivity contribution in [2.75, 3.05) is 32.9 Å². The quantitative estimate of drug-likeness (QED) is 0.850. The van der Waals surface area contributed by atoms with E-state index in [4.69, 9.17) is 9.47 Å². The first-order valence-corrected chi connectivity index (χ1v) is 8.75. The van der Waals surface area contributed by atoms with Crippen LogP contribution < -0.4 is 10.1 Å². The van der Waals surface area contributed by atoms with E-state index in [1.165, 1.54) is 5.56 Å². The van der Waals surface area contributed by atoms with E-state index in [-0.39, 0.29) is 24.8 Å². The molecule has 25 heavy (non-hydrogen) atoms. The Labute approximate surface area is 149 Å². The van der Waals surface area contributed by atoms with Gasteiger partial charge < -0.3 is 19.7 Å². The second-order valence-corrected chi connectivity index (χ2v) is 6.53. The summed E-state index contributed by atoms with van der Waals surface area (Å²) in [6.07, 6.45) is 0.215. The number of rotatable bonds is 6. The zero-order valence-corrected chi connectivity index (χ0v) is 15.6. The van der Waals surface area contributed by atoms with Gasteiger partial charge in [-0.15, -0.1) is 0 Å². The number of carbonyl (C=O) groups excluding carboxylic acids is 2. The van der Waals surface area contributed by atoms with Crippen LogP contribution in [0.5, 0.6) is 5.75 Å². The van der Waals surface area contributed by atoms with Gasteiger partial charge in [-0.25, -0.2) is 0 Å². The third kappa shape index (κ3) is 5.46. The molecule has 0 spiro atoms. The first kappa shape index (κ1) is 19.2. The molecular weight excluding hydrogens is 320 g/mol. The standard InChI is InChI=1S/C19H28N2O4/c1-13-11-14(2)15(3)17(12-13)25-8-5-18(22)20-16(4)19(23)21-6-9-24-10-7-21/h11-12,16H,5-10H2,1-4H3,(H,20,22)/t16-/m0/s1. The van der Waals surface area contributed by atoms with Crippen molar-refractivity contribution in [3.8, 4) is 5.75 Å². The lowest BCUT2D eigenvalue weighted by Crippen LogP contribution is -2.50. The van der Waals surface area contributed by atoms with Crippen LogP contribution in [0.4, 0.5) is 0 Å². The van der Waals surface area contributed by atoms with Crippen LogP contribution in [0, 0.1) is 20.8 Å². The minimum Gasteiger partial charge on any atom is -0.493 e. The van der Waals surface area contributed by atoms with Crippen LogP contribution in [0.25, 0.3) is 0 Å². The Hall–Kier alpha value is -2.08. The Morgan fingerprint density at radius 1 is 1.24 bits per heavy atom. The molecule has 1 atom stereocenters. The number of benzene rings is 1. The lowest BCUT2D eigenvalue weighted by molar-refractivity contribution is -0.139. The van der Waals surface area contributed by atoms with E-state index in [2.05, 4.69) is 11.4 Å². The number of ether oxygens (including phenoxy) is 2. The van der Waals surface area contributed by atoms with E-state index in [0.717, 1.165) is 16.9 Å². The maximum atomic E-state index is 12.3. The molecule has 1 aliphatic rings. The van der Waals surface area contributed by atoms with Gasteiger partial charge in [-0.1, -0.05) is 6.07 Å². The molecule has 1 fully saturated rings. The van der Waals surface area contributed by atoms with Crippen LogP contribution in [0.2, 0.25) is 0 Å². The number of morpholine rings is 1. The number of carbonyl (C=O) groups is 2. The Balaban J connectivity index is 1.77. The predicted octanol–water partition coefficient (Wildman–Crippen LogP) is 1.74. The van der Waals surface area contributed by atoms with Crippen LogP contribution in [-0.2, 0) is 14.3 Å². The molecule has 0 radical (unpaired) electrons. The molecule has 1 saturated heterocycles. The van der Waals surface area contributed by atoms with Crippen molar-refractivity contribution < 1.29 is 19.1 Å². The van der Waals surface area contributed by atoms with Crippen molar-refractivity contribution in [3.05, 3.63) is 28.8 Å². The fourth-order valence-corrected chi connectivity index (χ4v) is 2.84. The Kier molecular flexibility index (Phi) is 6.82. The van der Waals surface area contributed by atoms with E-state index in [1.807, 2.05) is 26.8 Å². The molecule has 1 N–H and O–H groups in total. The van der Waals surface area contributed by atoms with Crippen molar-refractivity contribution in [1.29, 1.82) is 0 Å².